The van der Waals surface area contributed by atoms with Gasteiger partial charge < -0.3 is 21.3 Å². The molecule has 4 N–H and O–H groups in total. The summed E-state index contributed by atoms with van der Waals surface area (Å²) in [5.41, 5.74) is 13.1. The summed E-state index contributed by atoms with van der Waals surface area (Å²) in [5.74, 6) is 0.826. The van der Waals surface area contributed by atoms with E-state index in [2.05, 4.69) is 31.6 Å². The van der Waals surface area contributed by atoms with Gasteiger partial charge in [-0.25, -0.2) is 14.4 Å². The van der Waals surface area contributed by atoms with Crippen LogP contribution in [0.5, 0.6) is 0 Å². The van der Waals surface area contributed by atoms with Gasteiger partial charge in [0.1, 0.15) is 11.6 Å². The fourth-order valence-corrected chi connectivity index (χ4v) is 5.83. The molecule has 10 heteroatoms. The number of aromatic nitrogens is 2. The second kappa shape index (κ2) is 12.0. The Kier molecular flexibility index (Phi) is 9.05. The van der Waals surface area contributed by atoms with Crippen LogP contribution in [0.3, 0.4) is 0 Å². The largest absolute Gasteiger partial charge is 0.382 e. The first kappa shape index (κ1) is 26.4. The number of allylic oxidation sites excluding steroid dienone is 5. The van der Waals surface area contributed by atoms with Crippen molar-refractivity contribution in [2.45, 2.75) is 57.7 Å². The van der Waals surface area contributed by atoms with Crippen LogP contribution in [0.25, 0.3) is 0 Å². The van der Waals surface area contributed by atoms with Gasteiger partial charge in [0, 0.05) is 49.8 Å². The van der Waals surface area contributed by atoms with Gasteiger partial charge in [0.25, 0.3) is 0 Å². The van der Waals surface area contributed by atoms with Crippen LogP contribution in [0.4, 0.5) is 16.0 Å². The highest BCUT2D eigenvalue weighted by atomic mass is 35.5. The molecular formula is C25H36Cl2FN7. The molecular weight excluding hydrogens is 488 g/mol. The van der Waals surface area contributed by atoms with Crippen molar-refractivity contribution < 1.29 is 4.39 Å². The van der Waals surface area contributed by atoms with E-state index in [0.717, 1.165) is 70.5 Å². The molecule has 4 rings (SSSR count). The highest BCUT2D eigenvalue weighted by Crippen LogP contribution is 2.30. The van der Waals surface area contributed by atoms with Crippen molar-refractivity contribution in [2.75, 3.05) is 49.9 Å². The zero-order valence-corrected chi connectivity index (χ0v) is 21.9. The molecule has 1 aromatic heterocycles. The summed E-state index contributed by atoms with van der Waals surface area (Å²) in [6.45, 7) is 8.06. The average Bonchev–Trinajstić information content (AvgIpc) is 3.03. The third-order valence-corrected chi connectivity index (χ3v) is 7.92. The van der Waals surface area contributed by atoms with Crippen LogP contribution in [0, 0.1) is 0 Å². The fourth-order valence-electron chi connectivity index (χ4n) is 5.38. The van der Waals surface area contributed by atoms with Gasteiger partial charge in [0.05, 0.1) is 5.69 Å². The van der Waals surface area contributed by atoms with Crippen molar-refractivity contribution >= 4 is 34.8 Å². The second-order valence-electron chi connectivity index (χ2n) is 9.53. The molecule has 35 heavy (non-hydrogen) atoms. The maximum Gasteiger partial charge on any atom is 0.172 e. The molecule has 0 amide bonds. The van der Waals surface area contributed by atoms with Crippen molar-refractivity contribution in [3.63, 3.8) is 0 Å². The zero-order chi connectivity index (χ0) is 24.9. The van der Waals surface area contributed by atoms with Crippen molar-refractivity contribution in [1.82, 2.24) is 19.8 Å². The van der Waals surface area contributed by atoms with Gasteiger partial charge in [0.2, 0.25) is 0 Å². The van der Waals surface area contributed by atoms with Gasteiger partial charge in [-0.3, -0.25) is 4.90 Å². The number of nitrogens with zero attached hydrogens (tertiary/aromatic N) is 5. The van der Waals surface area contributed by atoms with Gasteiger partial charge in [-0.1, -0.05) is 36.2 Å². The van der Waals surface area contributed by atoms with Crippen LogP contribution in [-0.2, 0) is 6.54 Å². The summed E-state index contributed by atoms with van der Waals surface area (Å²) < 4.78 is 14.4. The first-order chi connectivity index (χ1) is 16.9. The molecule has 0 aromatic carbocycles. The topological polar surface area (TPSA) is 87.5 Å². The van der Waals surface area contributed by atoms with Crippen molar-refractivity contribution in [2.24, 2.45) is 5.73 Å². The van der Waals surface area contributed by atoms with Crippen LogP contribution in [0.1, 0.15) is 44.7 Å². The lowest BCUT2D eigenvalue weighted by atomic mass is 9.97. The van der Waals surface area contributed by atoms with Gasteiger partial charge in [-0.15, -0.1) is 0 Å². The van der Waals surface area contributed by atoms with Crippen molar-refractivity contribution in [1.29, 1.82) is 0 Å². The third-order valence-electron chi connectivity index (χ3n) is 7.43. The standard InChI is InChI=1S/C25H36Cl2FN7/c1-2-19-16-34(25-23(27)31-22(15-29)24(30)32-25)12-13-35(19)20-7-10-33(11-8-20)9-6-17-4-3-5-18(26)14-21(17)28/h3,5,14,19-20H,2,4,6-13,15-16,29H2,1H3,(H2,30,32). The van der Waals surface area contributed by atoms with Crippen molar-refractivity contribution in [3.05, 3.63) is 45.5 Å². The van der Waals surface area contributed by atoms with E-state index < -0.39 is 0 Å². The number of rotatable bonds is 7. The minimum absolute atomic E-state index is 0.178. The highest BCUT2D eigenvalue weighted by Gasteiger charge is 2.34. The Hall–Kier alpha value is -1.71. The van der Waals surface area contributed by atoms with E-state index in [1.165, 1.54) is 6.08 Å². The zero-order valence-electron chi connectivity index (χ0n) is 20.4. The predicted octanol–water partition coefficient (Wildman–Crippen LogP) is 4.23. The van der Waals surface area contributed by atoms with E-state index in [9.17, 15) is 4.39 Å². The maximum absolute atomic E-state index is 14.4. The second-order valence-corrected chi connectivity index (χ2v) is 10.3. The Bertz CT molecular complexity index is 988. The van der Waals surface area contributed by atoms with Crippen LogP contribution in [0.2, 0.25) is 5.15 Å². The van der Waals surface area contributed by atoms with Crippen LogP contribution < -0.4 is 16.4 Å². The lowest BCUT2D eigenvalue weighted by Gasteiger charge is -2.47. The Labute approximate surface area is 217 Å². The quantitative estimate of drug-likeness (QED) is 0.552. The summed E-state index contributed by atoms with van der Waals surface area (Å²) in [4.78, 5) is 16.2. The summed E-state index contributed by atoms with van der Waals surface area (Å²) in [7, 11) is 0. The number of hydrogen-bond donors (Lipinski definition) is 2. The number of hydrogen-bond acceptors (Lipinski definition) is 7. The van der Waals surface area contributed by atoms with E-state index in [1.54, 1.807) is 6.08 Å². The molecule has 7 nitrogen and oxygen atoms in total. The summed E-state index contributed by atoms with van der Waals surface area (Å²) in [6, 6.07) is 0.977. The third kappa shape index (κ3) is 6.35. The van der Waals surface area contributed by atoms with E-state index in [1.807, 2.05) is 6.08 Å². The maximum atomic E-state index is 14.4. The monoisotopic (exact) mass is 523 g/mol. The molecule has 0 spiro atoms. The Morgan fingerprint density at radius 1 is 1.14 bits per heavy atom. The number of halogens is 3. The van der Waals surface area contributed by atoms with E-state index >= 15 is 0 Å². The number of piperazine rings is 1. The van der Waals surface area contributed by atoms with Crippen LogP contribution in [0.15, 0.2) is 34.7 Å². The smallest absolute Gasteiger partial charge is 0.172 e. The summed E-state index contributed by atoms with van der Waals surface area (Å²) in [5, 5.41) is 0.819. The van der Waals surface area contributed by atoms with Crippen molar-refractivity contribution in [3.8, 4) is 0 Å². The van der Waals surface area contributed by atoms with E-state index in [-0.39, 0.29) is 12.4 Å². The number of piperidine rings is 1. The highest BCUT2D eigenvalue weighted by molar-refractivity contribution is 6.32. The minimum Gasteiger partial charge on any atom is -0.382 e. The first-order valence-corrected chi connectivity index (χ1v) is 13.3. The molecule has 2 saturated heterocycles. The first-order valence-electron chi connectivity index (χ1n) is 12.6. The number of likely N-dealkylation sites (tertiary alicyclic amines) is 1. The Morgan fingerprint density at radius 2 is 1.91 bits per heavy atom. The minimum atomic E-state index is -0.178. The molecule has 1 atom stereocenters. The number of nitrogen functional groups attached to an aromatic ring is 1. The molecule has 1 aliphatic carbocycles. The molecule has 0 bridgehead atoms. The van der Waals surface area contributed by atoms with Crippen LogP contribution >= 0.6 is 23.2 Å². The molecule has 3 heterocycles. The molecule has 0 radical (unpaired) electrons. The fraction of sp³-hybridized carbons (Fsp3) is 0.600. The molecule has 3 aliphatic rings. The number of nitrogens with two attached hydrogens (primary N) is 2. The van der Waals surface area contributed by atoms with Gasteiger partial charge in [0.15, 0.2) is 11.0 Å². The molecule has 192 valence electrons. The molecule has 1 aromatic rings. The van der Waals surface area contributed by atoms with E-state index in [0.29, 0.717) is 46.0 Å². The molecule has 1 unspecified atom stereocenters. The SMILES string of the molecule is CCC1CN(c2nc(N)c(CN)nc2Cl)CCN1C1CCN(CCC2=C(F)C=C(Cl)C=CC2)CC1. The van der Waals surface area contributed by atoms with Crippen LogP contribution in [-0.4, -0.2) is 71.1 Å². The average molecular weight is 525 g/mol. The number of anilines is 2. The van der Waals surface area contributed by atoms with Gasteiger partial charge in [-0.2, -0.15) is 0 Å². The predicted molar refractivity (Wildman–Crippen MR) is 142 cm³/mol. The molecule has 0 saturated carbocycles. The summed E-state index contributed by atoms with van der Waals surface area (Å²) >= 11 is 12.4. The van der Waals surface area contributed by atoms with Gasteiger partial charge >= 0.3 is 0 Å². The Morgan fingerprint density at radius 3 is 2.63 bits per heavy atom. The molecule has 2 fully saturated rings. The lowest BCUT2D eigenvalue weighted by Crippen LogP contribution is -2.58. The van der Waals surface area contributed by atoms with Gasteiger partial charge in [-0.05, 0) is 62.9 Å². The van der Waals surface area contributed by atoms with E-state index in [4.69, 9.17) is 34.7 Å². The normalized spacial score (nSPS) is 23.1. The molecule has 2 aliphatic heterocycles. The summed E-state index contributed by atoms with van der Waals surface area (Å²) in [6.07, 6.45) is 9.82. The Balaban J connectivity index is 1.31. The lowest BCUT2D eigenvalue weighted by molar-refractivity contribution is 0.0635.